The van der Waals surface area contributed by atoms with E-state index in [4.69, 9.17) is 14.7 Å². The van der Waals surface area contributed by atoms with Gasteiger partial charge in [-0.15, -0.1) is 0 Å². The summed E-state index contributed by atoms with van der Waals surface area (Å²) in [6, 6.07) is 5.75. The molecule has 0 radical (unpaired) electrons. The molecule has 1 aliphatic rings. The summed E-state index contributed by atoms with van der Waals surface area (Å²) in [5.41, 5.74) is -0.0488. The van der Waals surface area contributed by atoms with Crippen LogP contribution in [0.15, 0.2) is 29.4 Å². The molecule has 0 aliphatic heterocycles. The third-order valence-electron chi connectivity index (χ3n) is 4.36. The lowest BCUT2D eigenvalue weighted by molar-refractivity contribution is -0.384. The zero-order valence-electron chi connectivity index (χ0n) is 15.2. The first-order valence-corrected chi connectivity index (χ1v) is 8.66. The van der Waals surface area contributed by atoms with E-state index in [0.29, 0.717) is 31.2 Å². The fourth-order valence-electron chi connectivity index (χ4n) is 2.77. The van der Waals surface area contributed by atoms with Crippen molar-refractivity contribution in [3.63, 3.8) is 0 Å². The molecule has 10 heteroatoms. The van der Waals surface area contributed by atoms with Crippen LogP contribution in [0.4, 0.5) is 5.69 Å². The molecule has 0 bridgehead atoms. The number of nitro benzene ring substituents is 1. The Labute approximate surface area is 160 Å². The number of carbonyl (C=O) groups excluding carboxylic acids is 2. The monoisotopic (exact) mass is 392 g/mol. The van der Waals surface area contributed by atoms with E-state index in [-0.39, 0.29) is 30.3 Å². The van der Waals surface area contributed by atoms with Gasteiger partial charge in [-0.25, -0.2) is 4.79 Å². The fourth-order valence-corrected chi connectivity index (χ4v) is 2.77. The summed E-state index contributed by atoms with van der Waals surface area (Å²) < 4.78 is 5.26. The molecule has 150 valence electrons. The molecule has 2 rings (SSSR count). The van der Waals surface area contributed by atoms with Crippen LogP contribution in [-0.4, -0.2) is 39.6 Å². The maximum atomic E-state index is 12.2. The summed E-state index contributed by atoms with van der Waals surface area (Å²) >= 11 is 0. The maximum Gasteiger partial charge on any atom is 0.361 e. The van der Waals surface area contributed by atoms with Crippen molar-refractivity contribution in [2.24, 2.45) is 11.1 Å². The van der Waals surface area contributed by atoms with Gasteiger partial charge < -0.3 is 14.7 Å². The van der Waals surface area contributed by atoms with Crippen molar-refractivity contribution in [3.05, 3.63) is 39.9 Å². The van der Waals surface area contributed by atoms with E-state index < -0.39 is 22.4 Å². The topological polar surface area (TPSA) is 145 Å². The van der Waals surface area contributed by atoms with Gasteiger partial charge in [0.05, 0.1) is 10.8 Å². The van der Waals surface area contributed by atoms with Crippen LogP contribution >= 0.6 is 0 Å². The minimum atomic E-state index is -1.45. The van der Waals surface area contributed by atoms with E-state index in [2.05, 4.69) is 5.16 Å². The second-order valence-corrected chi connectivity index (χ2v) is 6.41. The summed E-state index contributed by atoms with van der Waals surface area (Å²) in [6.07, 6.45) is 1.56. The van der Waals surface area contributed by atoms with Gasteiger partial charge in [-0.3, -0.25) is 19.7 Å². The lowest BCUT2D eigenvalue weighted by atomic mass is 9.87. The van der Waals surface area contributed by atoms with Gasteiger partial charge in [0.15, 0.2) is 5.78 Å². The minimum Gasteiger partial charge on any atom is -0.476 e. The Morgan fingerprint density at radius 1 is 1.18 bits per heavy atom. The molecule has 1 aromatic rings. The van der Waals surface area contributed by atoms with Gasteiger partial charge in [-0.2, -0.15) is 0 Å². The highest BCUT2D eigenvalue weighted by Crippen LogP contribution is 2.27. The van der Waals surface area contributed by atoms with E-state index in [0.717, 1.165) is 6.92 Å². The third kappa shape index (κ3) is 5.86. The molecule has 1 aliphatic carbocycles. The second-order valence-electron chi connectivity index (χ2n) is 6.41. The maximum absolute atomic E-state index is 12.2. The minimum absolute atomic E-state index is 0.0259. The number of oxime groups is 1. The predicted molar refractivity (Wildman–Crippen MR) is 95.5 cm³/mol. The molecule has 1 aromatic carbocycles. The van der Waals surface area contributed by atoms with Gasteiger partial charge >= 0.3 is 11.9 Å². The molecule has 0 spiro atoms. The highest BCUT2D eigenvalue weighted by Gasteiger charge is 2.29. The summed E-state index contributed by atoms with van der Waals surface area (Å²) in [5.74, 6) is -2.82. The van der Waals surface area contributed by atoms with Crippen molar-refractivity contribution < 1.29 is 34.0 Å². The number of rotatable bonds is 8. The van der Waals surface area contributed by atoms with Crippen LogP contribution in [0.3, 0.4) is 0 Å². The standard InChI is InChI=1S/C18H20N2O8/c1-11(21)16(17(22)23)19-28-15-8-4-13(5-9-15)18(24)27-10-12-2-6-14(7-3-12)20(25)26/h2-3,6-7,13,15H,4-5,8-10H2,1H3,(H,22,23)/t13-,15-. The number of esters is 1. The van der Waals surface area contributed by atoms with Crippen LogP contribution in [0.2, 0.25) is 0 Å². The molecule has 0 atom stereocenters. The molecule has 0 amide bonds. The molecule has 1 fully saturated rings. The number of non-ortho nitro benzene ring substituents is 1. The smallest absolute Gasteiger partial charge is 0.361 e. The number of aliphatic carboxylic acids is 1. The number of carbonyl (C=O) groups is 3. The number of benzene rings is 1. The Hall–Kier alpha value is -3.30. The highest BCUT2D eigenvalue weighted by atomic mass is 16.6. The Morgan fingerprint density at radius 2 is 1.79 bits per heavy atom. The van der Waals surface area contributed by atoms with Crippen molar-refractivity contribution >= 4 is 29.1 Å². The van der Waals surface area contributed by atoms with Crippen LogP contribution < -0.4 is 0 Å². The summed E-state index contributed by atoms with van der Waals surface area (Å²) in [5, 5.41) is 22.9. The number of nitro groups is 1. The van der Waals surface area contributed by atoms with Gasteiger partial charge in [0.25, 0.3) is 5.69 Å². The number of hydrogen-bond donors (Lipinski definition) is 1. The SMILES string of the molecule is CC(=O)C(=NO[C@H]1CC[C@H](C(=O)OCc2ccc([N+](=O)[O-])cc2)CC1)C(=O)O. The zero-order chi connectivity index (χ0) is 20.7. The van der Waals surface area contributed by atoms with E-state index in [1.54, 1.807) is 0 Å². The molecule has 10 nitrogen and oxygen atoms in total. The van der Waals surface area contributed by atoms with E-state index in [1.807, 2.05) is 0 Å². The van der Waals surface area contributed by atoms with E-state index in [1.165, 1.54) is 24.3 Å². The van der Waals surface area contributed by atoms with Crippen molar-refractivity contribution in [2.45, 2.75) is 45.3 Å². The third-order valence-corrected chi connectivity index (χ3v) is 4.36. The van der Waals surface area contributed by atoms with Crippen LogP contribution in [0.1, 0.15) is 38.2 Å². The van der Waals surface area contributed by atoms with Crippen LogP contribution in [0, 0.1) is 16.0 Å². The van der Waals surface area contributed by atoms with Crippen molar-refractivity contribution in [3.8, 4) is 0 Å². The van der Waals surface area contributed by atoms with Crippen LogP contribution in [-0.2, 0) is 30.6 Å². The van der Waals surface area contributed by atoms with Gasteiger partial charge in [0.1, 0.15) is 12.7 Å². The molecule has 0 aromatic heterocycles. The molecule has 1 saturated carbocycles. The summed E-state index contributed by atoms with van der Waals surface area (Å²) in [4.78, 5) is 49.4. The first-order chi connectivity index (χ1) is 13.3. The van der Waals surface area contributed by atoms with Gasteiger partial charge in [-0.1, -0.05) is 5.16 Å². The number of Topliss-reactive ketones (excluding diaryl/α,β-unsaturated/α-hetero) is 1. The Bertz CT molecular complexity index is 763. The van der Waals surface area contributed by atoms with E-state index in [9.17, 15) is 24.5 Å². The van der Waals surface area contributed by atoms with Gasteiger partial charge in [0.2, 0.25) is 5.71 Å². The highest BCUT2D eigenvalue weighted by molar-refractivity contribution is 6.63. The lowest BCUT2D eigenvalue weighted by Crippen LogP contribution is -2.28. The second kappa shape index (κ2) is 9.58. The molecule has 0 heterocycles. The lowest BCUT2D eigenvalue weighted by Gasteiger charge is -2.25. The number of hydrogen-bond acceptors (Lipinski definition) is 8. The Balaban J connectivity index is 1.78. The molecule has 1 N–H and O–H groups in total. The zero-order valence-corrected chi connectivity index (χ0v) is 15.2. The molecular weight excluding hydrogens is 372 g/mol. The average Bonchev–Trinajstić information content (AvgIpc) is 2.66. The number of nitrogens with zero attached hydrogens (tertiary/aromatic N) is 2. The summed E-state index contributed by atoms with van der Waals surface area (Å²) in [7, 11) is 0. The quantitative estimate of drug-likeness (QED) is 0.233. The Morgan fingerprint density at radius 3 is 2.29 bits per heavy atom. The predicted octanol–water partition coefficient (Wildman–Crippen LogP) is 2.24. The van der Waals surface area contributed by atoms with Crippen molar-refractivity contribution in [2.75, 3.05) is 0 Å². The molecular formula is C18H20N2O8. The number of carboxylic acids is 1. The van der Waals surface area contributed by atoms with Gasteiger partial charge in [0, 0.05) is 19.1 Å². The summed E-state index contributed by atoms with van der Waals surface area (Å²) in [6.45, 7) is 1.12. The average molecular weight is 392 g/mol. The normalized spacial score (nSPS) is 19.5. The van der Waals surface area contributed by atoms with E-state index >= 15 is 0 Å². The number of ketones is 1. The first-order valence-electron chi connectivity index (χ1n) is 8.66. The number of ether oxygens (including phenoxy) is 1. The Kier molecular flexibility index (Phi) is 7.19. The number of carboxylic acid groups (broad SMARTS) is 1. The van der Waals surface area contributed by atoms with Crippen molar-refractivity contribution in [1.29, 1.82) is 0 Å². The fraction of sp³-hybridized carbons (Fsp3) is 0.444. The molecule has 0 unspecified atom stereocenters. The largest absolute Gasteiger partial charge is 0.476 e. The van der Waals surface area contributed by atoms with Crippen molar-refractivity contribution in [1.82, 2.24) is 0 Å². The molecule has 28 heavy (non-hydrogen) atoms. The first kappa shape index (κ1) is 21.0. The van der Waals surface area contributed by atoms with Gasteiger partial charge in [-0.05, 0) is 43.4 Å². The molecule has 0 saturated heterocycles. The van der Waals surface area contributed by atoms with Crippen LogP contribution in [0.5, 0.6) is 0 Å². The van der Waals surface area contributed by atoms with Crippen LogP contribution in [0.25, 0.3) is 0 Å².